The monoisotopic (exact) mass is 361 g/mol. The van der Waals surface area contributed by atoms with Crippen LogP contribution in [0.25, 0.3) is 0 Å². The maximum Gasteiger partial charge on any atom is 0.356 e. The summed E-state index contributed by atoms with van der Waals surface area (Å²) in [5, 5.41) is 9.20. The van der Waals surface area contributed by atoms with E-state index >= 15 is 0 Å². The molecule has 26 heavy (non-hydrogen) atoms. The summed E-state index contributed by atoms with van der Waals surface area (Å²) in [4.78, 5) is 47.5. The number of carboxylic acids is 1. The molecule has 0 aromatic carbocycles. The Hall–Kier alpha value is -2.55. The smallest absolute Gasteiger partial charge is 0.356 e. The Morgan fingerprint density at radius 2 is 1.54 bits per heavy atom. The molecule has 0 radical (unpaired) electrons. The molecule has 3 rings (SSSR count). The van der Waals surface area contributed by atoms with Crippen LogP contribution in [-0.4, -0.2) is 74.4 Å². The molecule has 9 nitrogen and oxygen atoms in total. The highest BCUT2D eigenvalue weighted by Gasteiger charge is 2.46. The highest BCUT2D eigenvalue weighted by molar-refractivity contribution is 6.02. The lowest BCUT2D eigenvalue weighted by Gasteiger charge is -2.48. The zero-order valence-electron chi connectivity index (χ0n) is 14.6. The lowest BCUT2D eigenvalue weighted by atomic mass is 9.83. The number of hydrogen-bond donors (Lipinski definition) is 2. The molecule has 9 heteroatoms. The van der Waals surface area contributed by atoms with Crippen LogP contribution in [0, 0.1) is 0 Å². The standard InChI is InChI=1S/C17H23N5O4/c18-16(26)17(22-8-2-1-3-9-22)4-10-21(11-5-17)14(23)12-13(15(24)25)20-7-6-19-12/h6-7H,1-5,8-11H2,(H2,18,26)(H,24,25). The largest absolute Gasteiger partial charge is 0.476 e. The number of piperidine rings is 2. The Kier molecular flexibility index (Phi) is 5.17. The molecule has 2 amide bonds. The van der Waals surface area contributed by atoms with E-state index in [4.69, 9.17) is 5.73 Å². The minimum Gasteiger partial charge on any atom is -0.476 e. The number of nitrogens with two attached hydrogens (primary N) is 1. The fourth-order valence-electron chi connectivity index (χ4n) is 3.92. The fourth-order valence-corrected chi connectivity index (χ4v) is 3.92. The lowest BCUT2D eigenvalue weighted by Crippen LogP contribution is -2.63. The zero-order valence-corrected chi connectivity index (χ0v) is 14.6. The molecule has 0 unspecified atom stereocenters. The second-order valence-electron chi connectivity index (χ2n) is 6.79. The first-order valence-corrected chi connectivity index (χ1v) is 8.84. The first-order chi connectivity index (χ1) is 12.5. The van der Waals surface area contributed by atoms with Gasteiger partial charge in [-0.25, -0.2) is 14.8 Å². The molecule has 0 spiro atoms. The van der Waals surface area contributed by atoms with Gasteiger partial charge in [0, 0.05) is 25.5 Å². The molecule has 3 N–H and O–H groups in total. The molecule has 0 saturated carbocycles. The summed E-state index contributed by atoms with van der Waals surface area (Å²) in [6.07, 6.45) is 6.66. The third-order valence-electron chi connectivity index (χ3n) is 5.40. The minimum absolute atomic E-state index is 0.176. The van der Waals surface area contributed by atoms with Gasteiger partial charge in [-0.2, -0.15) is 0 Å². The van der Waals surface area contributed by atoms with Crippen LogP contribution in [0.5, 0.6) is 0 Å². The number of hydrogen-bond acceptors (Lipinski definition) is 6. The van der Waals surface area contributed by atoms with Crippen molar-refractivity contribution in [3.05, 3.63) is 23.8 Å². The number of amides is 2. The Morgan fingerprint density at radius 3 is 2.08 bits per heavy atom. The molecule has 1 aromatic rings. The van der Waals surface area contributed by atoms with Gasteiger partial charge >= 0.3 is 5.97 Å². The third-order valence-corrected chi connectivity index (χ3v) is 5.40. The number of likely N-dealkylation sites (tertiary alicyclic amines) is 2. The summed E-state index contributed by atoms with van der Waals surface area (Å²) in [7, 11) is 0. The molecule has 0 aliphatic carbocycles. The van der Waals surface area contributed by atoms with E-state index in [0.29, 0.717) is 25.9 Å². The Morgan fingerprint density at radius 1 is 0.962 bits per heavy atom. The number of carboxylic acid groups (broad SMARTS) is 1. The van der Waals surface area contributed by atoms with E-state index in [0.717, 1.165) is 32.4 Å². The van der Waals surface area contributed by atoms with Crippen molar-refractivity contribution in [1.29, 1.82) is 0 Å². The van der Waals surface area contributed by atoms with E-state index in [1.54, 1.807) is 0 Å². The van der Waals surface area contributed by atoms with Crippen LogP contribution in [-0.2, 0) is 4.79 Å². The van der Waals surface area contributed by atoms with Gasteiger partial charge in [0.1, 0.15) is 5.54 Å². The van der Waals surface area contributed by atoms with Crippen molar-refractivity contribution in [1.82, 2.24) is 19.8 Å². The Labute approximate surface area is 151 Å². The summed E-state index contributed by atoms with van der Waals surface area (Å²) < 4.78 is 0. The first kappa shape index (κ1) is 18.2. The summed E-state index contributed by atoms with van der Waals surface area (Å²) in [5.41, 5.74) is 4.48. The molecular weight excluding hydrogens is 338 g/mol. The molecule has 0 bridgehead atoms. The second-order valence-corrected chi connectivity index (χ2v) is 6.79. The van der Waals surface area contributed by atoms with Gasteiger partial charge in [0.15, 0.2) is 11.4 Å². The minimum atomic E-state index is -1.29. The van der Waals surface area contributed by atoms with Gasteiger partial charge in [0.2, 0.25) is 5.91 Å². The molecular formula is C17H23N5O4. The molecule has 140 valence electrons. The number of aromatic carboxylic acids is 1. The zero-order chi connectivity index (χ0) is 18.7. The van der Waals surface area contributed by atoms with Gasteiger partial charge < -0.3 is 15.7 Å². The van der Waals surface area contributed by atoms with Crippen LogP contribution < -0.4 is 5.73 Å². The summed E-state index contributed by atoms with van der Waals surface area (Å²) >= 11 is 0. The number of carbonyl (C=O) groups is 3. The lowest BCUT2D eigenvalue weighted by molar-refractivity contribution is -0.134. The summed E-state index contributed by atoms with van der Waals surface area (Å²) in [5.74, 6) is -2.12. The van der Waals surface area contributed by atoms with Crippen LogP contribution in [0.1, 0.15) is 53.1 Å². The Bertz CT molecular complexity index is 709. The van der Waals surface area contributed by atoms with Crippen molar-refractivity contribution in [3.63, 3.8) is 0 Å². The number of primary amides is 1. The summed E-state index contributed by atoms with van der Waals surface area (Å²) in [6.45, 7) is 2.33. The van der Waals surface area contributed by atoms with E-state index in [9.17, 15) is 19.5 Å². The quantitative estimate of drug-likeness (QED) is 0.779. The van der Waals surface area contributed by atoms with Crippen molar-refractivity contribution >= 4 is 17.8 Å². The first-order valence-electron chi connectivity index (χ1n) is 8.84. The van der Waals surface area contributed by atoms with Gasteiger partial charge in [0.25, 0.3) is 5.91 Å². The molecule has 0 atom stereocenters. The van der Waals surface area contributed by atoms with Crippen LogP contribution in [0.15, 0.2) is 12.4 Å². The normalized spacial score (nSPS) is 20.5. The number of carbonyl (C=O) groups excluding carboxylic acids is 2. The SMILES string of the molecule is NC(=O)C1(N2CCCCC2)CCN(C(=O)c2nccnc2C(=O)O)CC1. The van der Waals surface area contributed by atoms with Crippen LogP contribution in [0.2, 0.25) is 0 Å². The highest BCUT2D eigenvalue weighted by Crippen LogP contribution is 2.32. The van der Waals surface area contributed by atoms with Crippen LogP contribution in [0.3, 0.4) is 0 Å². The van der Waals surface area contributed by atoms with Crippen molar-refractivity contribution < 1.29 is 19.5 Å². The van der Waals surface area contributed by atoms with Crippen molar-refractivity contribution in [2.45, 2.75) is 37.6 Å². The Balaban J connectivity index is 1.76. The average Bonchev–Trinajstić information content (AvgIpc) is 2.68. The predicted molar refractivity (Wildman–Crippen MR) is 91.5 cm³/mol. The number of nitrogens with zero attached hydrogens (tertiary/aromatic N) is 4. The summed E-state index contributed by atoms with van der Waals surface area (Å²) in [6, 6.07) is 0. The number of aromatic nitrogens is 2. The maximum absolute atomic E-state index is 12.7. The topological polar surface area (TPSA) is 130 Å². The van der Waals surface area contributed by atoms with E-state index in [2.05, 4.69) is 14.9 Å². The van der Waals surface area contributed by atoms with Crippen LogP contribution in [0.4, 0.5) is 0 Å². The van der Waals surface area contributed by atoms with E-state index in [-0.39, 0.29) is 17.3 Å². The molecule has 1 aromatic heterocycles. The van der Waals surface area contributed by atoms with Gasteiger partial charge in [0.05, 0.1) is 0 Å². The van der Waals surface area contributed by atoms with Gasteiger partial charge in [-0.05, 0) is 38.8 Å². The number of rotatable bonds is 4. The highest BCUT2D eigenvalue weighted by atomic mass is 16.4. The molecule has 2 saturated heterocycles. The molecule has 2 fully saturated rings. The van der Waals surface area contributed by atoms with E-state index in [1.807, 2.05) is 0 Å². The van der Waals surface area contributed by atoms with Crippen molar-refractivity contribution in [2.24, 2.45) is 5.73 Å². The van der Waals surface area contributed by atoms with E-state index < -0.39 is 17.4 Å². The molecule has 2 aliphatic rings. The maximum atomic E-state index is 12.7. The third kappa shape index (κ3) is 3.26. The van der Waals surface area contributed by atoms with Gasteiger partial charge in [-0.3, -0.25) is 14.5 Å². The molecule has 2 aliphatic heterocycles. The second kappa shape index (κ2) is 7.36. The van der Waals surface area contributed by atoms with Crippen LogP contribution >= 0.6 is 0 Å². The van der Waals surface area contributed by atoms with Gasteiger partial charge in [-0.15, -0.1) is 0 Å². The van der Waals surface area contributed by atoms with Crippen molar-refractivity contribution in [2.75, 3.05) is 26.2 Å². The average molecular weight is 361 g/mol. The van der Waals surface area contributed by atoms with Gasteiger partial charge in [-0.1, -0.05) is 6.42 Å². The van der Waals surface area contributed by atoms with E-state index in [1.165, 1.54) is 17.3 Å². The predicted octanol–water partition coefficient (Wildman–Crippen LogP) is 0.121. The van der Waals surface area contributed by atoms with Crippen molar-refractivity contribution in [3.8, 4) is 0 Å². The fraction of sp³-hybridized carbons (Fsp3) is 0.588. The molecule has 3 heterocycles.